The molecule has 0 bridgehead atoms. The average Bonchev–Trinajstić information content (AvgIpc) is 2.57. The predicted molar refractivity (Wildman–Crippen MR) is 51.7 cm³/mol. The van der Waals surface area contributed by atoms with Crippen molar-refractivity contribution in [3.8, 4) is 0 Å². The van der Waals surface area contributed by atoms with Gasteiger partial charge in [0.15, 0.2) is 0 Å². The van der Waals surface area contributed by atoms with Gasteiger partial charge in [-0.1, -0.05) is 11.6 Å². The van der Waals surface area contributed by atoms with Crippen molar-refractivity contribution in [3.63, 3.8) is 0 Å². The number of rotatable bonds is 2. The van der Waals surface area contributed by atoms with Gasteiger partial charge in [-0.3, -0.25) is 0 Å². The van der Waals surface area contributed by atoms with Crippen molar-refractivity contribution in [3.05, 3.63) is 11.6 Å². The third-order valence-corrected chi connectivity index (χ3v) is 4.22. The van der Waals surface area contributed by atoms with Crippen LogP contribution in [0.2, 0.25) is 0 Å². The first kappa shape index (κ1) is 8.31. The van der Waals surface area contributed by atoms with Crippen LogP contribution in [0.1, 0.15) is 33.6 Å². The minimum Gasteiger partial charge on any atom is -0.327 e. The van der Waals surface area contributed by atoms with E-state index in [0.717, 1.165) is 11.8 Å². The summed E-state index contributed by atoms with van der Waals surface area (Å²) in [5.41, 5.74) is 8.12. The molecule has 0 heterocycles. The summed E-state index contributed by atoms with van der Waals surface area (Å²) in [6, 6.07) is 0.399. The summed E-state index contributed by atoms with van der Waals surface area (Å²) >= 11 is 0. The van der Waals surface area contributed by atoms with Crippen molar-refractivity contribution in [2.75, 3.05) is 0 Å². The number of allylic oxidation sites excluding steroid dienone is 2. The van der Waals surface area contributed by atoms with E-state index in [-0.39, 0.29) is 0 Å². The van der Waals surface area contributed by atoms with Gasteiger partial charge in [-0.15, -0.1) is 0 Å². The van der Waals surface area contributed by atoms with Crippen LogP contribution >= 0.6 is 0 Å². The molecule has 1 nitrogen and oxygen atoms in total. The van der Waals surface area contributed by atoms with Gasteiger partial charge in [-0.25, -0.2) is 0 Å². The predicted octanol–water partition coefficient (Wildman–Crippen LogP) is 2.33. The van der Waals surface area contributed by atoms with Gasteiger partial charge in [-0.05, 0) is 50.9 Å². The molecule has 2 aliphatic carbocycles. The van der Waals surface area contributed by atoms with Gasteiger partial charge in [0.25, 0.3) is 0 Å². The summed E-state index contributed by atoms with van der Waals surface area (Å²) in [7, 11) is 0. The van der Waals surface area contributed by atoms with Crippen LogP contribution in [0.4, 0.5) is 0 Å². The fourth-order valence-corrected chi connectivity index (χ4v) is 3.13. The second-order valence-corrected chi connectivity index (χ2v) is 4.62. The Morgan fingerprint density at radius 3 is 2.67 bits per heavy atom. The Balaban J connectivity index is 2.13. The van der Waals surface area contributed by atoms with Crippen LogP contribution in [-0.2, 0) is 0 Å². The second-order valence-electron chi connectivity index (χ2n) is 4.62. The van der Waals surface area contributed by atoms with E-state index >= 15 is 0 Å². The van der Waals surface area contributed by atoms with E-state index in [0.29, 0.717) is 11.5 Å². The Bertz CT molecular complexity index is 229. The zero-order valence-electron chi connectivity index (χ0n) is 8.30. The Morgan fingerprint density at radius 2 is 2.33 bits per heavy atom. The normalized spacial score (nSPS) is 47.8. The lowest BCUT2D eigenvalue weighted by atomic mass is 9.66. The van der Waals surface area contributed by atoms with Gasteiger partial charge in [-0.2, -0.15) is 0 Å². The number of fused-ring (bicyclic) bond motifs is 1. The molecule has 4 atom stereocenters. The average molecular weight is 165 g/mol. The van der Waals surface area contributed by atoms with Crippen LogP contribution in [0.5, 0.6) is 0 Å². The van der Waals surface area contributed by atoms with E-state index in [1.54, 1.807) is 5.57 Å². The lowest BCUT2D eigenvalue weighted by molar-refractivity contribution is 0.162. The molecule has 12 heavy (non-hydrogen) atoms. The molecule has 2 saturated carbocycles. The maximum Gasteiger partial charge on any atom is 0.00755 e. The standard InChI is InChI=1S/C11H19N/c1-4-7(2)10-5-9-6-11(9,10)8(3)12/h4,8-10H,5-6,12H2,1-3H3/b7-4+. The smallest absolute Gasteiger partial charge is 0.00755 e. The van der Waals surface area contributed by atoms with Crippen LogP contribution in [-0.4, -0.2) is 6.04 Å². The summed E-state index contributed by atoms with van der Waals surface area (Å²) in [6.07, 6.45) is 5.04. The van der Waals surface area contributed by atoms with Crippen LogP contribution in [0.15, 0.2) is 11.6 Å². The number of hydrogen-bond donors (Lipinski definition) is 1. The molecule has 0 radical (unpaired) electrons. The Labute approximate surface area is 75.0 Å². The summed E-state index contributed by atoms with van der Waals surface area (Å²) in [5.74, 6) is 1.78. The van der Waals surface area contributed by atoms with E-state index in [1.807, 2.05) is 0 Å². The molecule has 4 unspecified atom stereocenters. The lowest BCUT2D eigenvalue weighted by Gasteiger charge is -2.40. The van der Waals surface area contributed by atoms with E-state index in [4.69, 9.17) is 5.73 Å². The molecule has 2 N–H and O–H groups in total. The van der Waals surface area contributed by atoms with Gasteiger partial charge >= 0.3 is 0 Å². The summed E-state index contributed by atoms with van der Waals surface area (Å²) in [4.78, 5) is 0. The molecule has 0 aliphatic heterocycles. The van der Waals surface area contributed by atoms with Crippen molar-refractivity contribution in [2.45, 2.75) is 39.7 Å². The van der Waals surface area contributed by atoms with Gasteiger partial charge in [0.1, 0.15) is 0 Å². The third kappa shape index (κ3) is 0.779. The molecule has 2 fully saturated rings. The SMILES string of the molecule is C/C=C(\C)C1CC2CC21C(C)N. The summed E-state index contributed by atoms with van der Waals surface area (Å²) in [5, 5.41) is 0. The number of hydrogen-bond acceptors (Lipinski definition) is 1. The molecule has 2 rings (SSSR count). The fraction of sp³-hybridized carbons (Fsp3) is 0.818. The van der Waals surface area contributed by atoms with E-state index in [1.165, 1.54) is 12.8 Å². The minimum atomic E-state index is 0.399. The van der Waals surface area contributed by atoms with Gasteiger partial charge < -0.3 is 5.73 Å². The number of nitrogens with two attached hydrogens (primary N) is 1. The van der Waals surface area contributed by atoms with Gasteiger partial charge in [0.05, 0.1) is 0 Å². The molecule has 2 aliphatic rings. The van der Waals surface area contributed by atoms with Crippen molar-refractivity contribution < 1.29 is 0 Å². The Kier molecular flexibility index (Phi) is 1.63. The summed E-state index contributed by atoms with van der Waals surface area (Å²) in [6.45, 7) is 6.57. The Morgan fingerprint density at radius 1 is 1.67 bits per heavy atom. The molecular weight excluding hydrogens is 146 g/mol. The van der Waals surface area contributed by atoms with Crippen molar-refractivity contribution >= 4 is 0 Å². The molecule has 0 aromatic rings. The lowest BCUT2D eigenvalue weighted by Crippen LogP contribution is -2.42. The van der Waals surface area contributed by atoms with Crippen LogP contribution in [0, 0.1) is 17.3 Å². The second kappa shape index (κ2) is 2.35. The minimum absolute atomic E-state index is 0.399. The molecule has 0 spiro atoms. The molecule has 0 aromatic heterocycles. The van der Waals surface area contributed by atoms with Crippen molar-refractivity contribution in [2.24, 2.45) is 23.0 Å². The van der Waals surface area contributed by atoms with E-state index in [2.05, 4.69) is 26.8 Å². The largest absolute Gasteiger partial charge is 0.327 e. The molecule has 0 aromatic carbocycles. The highest BCUT2D eigenvalue weighted by molar-refractivity contribution is 5.27. The molecule has 1 heteroatoms. The zero-order chi connectivity index (χ0) is 8.93. The third-order valence-electron chi connectivity index (χ3n) is 4.22. The van der Waals surface area contributed by atoms with Crippen LogP contribution < -0.4 is 5.73 Å². The highest BCUT2D eigenvalue weighted by Crippen LogP contribution is 2.73. The molecule has 68 valence electrons. The molecular formula is C11H19N. The quantitative estimate of drug-likeness (QED) is 0.624. The van der Waals surface area contributed by atoms with Crippen LogP contribution in [0.25, 0.3) is 0 Å². The van der Waals surface area contributed by atoms with Crippen LogP contribution in [0.3, 0.4) is 0 Å². The topological polar surface area (TPSA) is 26.0 Å². The maximum atomic E-state index is 6.03. The Hall–Kier alpha value is -0.300. The first-order chi connectivity index (χ1) is 5.63. The summed E-state index contributed by atoms with van der Waals surface area (Å²) < 4.78 is 0. The first-order valence-electron chi connectivity index (χ1n) is 5.01. The van der Waals surface area contributed by atoms with Crippen molar-refractivity contribution in [1.29, 1.82) is 0 Å². The van der Waals surface area contributed by atoms with Crippen molar-refractivity contribution in [1.82, 2.24) is 0 Å². The van der Waals surface area contributed by atoms with Gasteiger partial charge in [0.2, 0.25) is 0 Å². The van der Waals surface area contributed by atoms with E-state index < -0.39 is 0 Å². The zero-order valence-corrected chi connectivity index (χ0v) is 8.30. The highest BCUT2D eigenvalue weighted by Gasteiger charge is 2.69. The van der Waals surface area contributed by atoms with Gasteiger partial charge in [0, 0.05) is 6.04 Å². The first-order valence-corrected chi connectivity index (χ1v) is 5.01. The van der Waals surface area contributed by atoms with E-state index in [9.17, 15) is 0 Å². The maximum absolute atomic E-state index is 6.03. The molecule has 0 saturated heterocycles. The monoisotopic (exact) mass is 165 g/mol. The fourth-order valence-electron chi connectivity index (χ4n) is 3.13. The molecule has 0 amide bonds. The highest BCUT2D eigenvalue weighted by atomic mass is 14.8.